The van der Waals surface area contributed by atoms with Crippen molar-refractivity contribution in [3.05, 3.63) is 28.7 Å². The van der Waals surface area contributed by atoms with Crippen molar-refractivity contribution in [3.8, 4) is 0 Å². The second-order valence-electron chi connectivity index (χ2n) is 4.01. The van der Waals surface area contributed by atoms with Gasteiger partial charge in [-0.25, -0.2) is 0 Å². The van der Waals surface area contributed by atoms with Crippen molar-refractivity contribution in [2.24, 2.45) is 11.1 Å². The van der Waals surface area contributed by atoms with Crippen LogP contribution in [-0.4, -0.2) is 10.9 Å². The standard InChI is InChI=1S/C12H15BrN2OS/c1-3-12(2,10(14)17)11(16)15-9-6-4-5-8(13)7-9/h4-7H,3H2,1-2H3,(H2,14,17)(H,15,16). The second-order valence-corrected chi connectivity index (χ2v) is 5.37. The first-order valence-electron chi connectivity index (χ1n) is 5.27. The summed E-state index contributed by atoms with van der Waals surface area (Å²) in [6.45, 7) is 3.64. The molecule has 1 unspecified atom stereocenters. The Kier molecular flexibility index (Phi) is 4.65. The van der Waals surface area contributed by atoms with Gasteiger partial charge in [0.05, 0.1) is 10.4 Å². The number of thiocarbonyl (C=S) groups is 1. The molecule has 1 amide bonds. The van der Waals surface area contributed by atoms with Gasteiger partial charge in [-0.15, -0.1) is 0 Å². The molecule has 0 aliphatic carbocycles. The number of nitrogens with one attached hydrogen (secondary N) is 1. The molecule has 0 aliphatic heterocycles. The van der Waals surface area contributed by atoms with E-state index in [-0.39, 0.29) is 10.9 Å². The lowest BCUT2D eigenvalue weighted by Gasteiger charge is -2.25. The van der Waals surface area contributed by atoms with Gasteiger partial charge in [-0.05, 0) is 31.5 Å². The molecule has 3 N–H and O–H groups in total. The van der Waals surface area contributed by atoms with Gasteiger partial charge in [-0.1, -0.05) is 41.1 Å². The third-order valence-corrected chi connectivity index (χ3v) is 3.78. The van der Waals surface area contributed by atoms with E-state index in [0.29, 0.717) is 6.42 Å². The Morgan fingerprint density at radius 1 is 1.59 bits per heavy atom. The van der Waals surface area contributed by atoms with Gasteiger partial charge in [0.1, 0.15) is 0 Å². The molecule has 92 valence electrons. The summed E-state index contributed by atoms with van der Waals surface area (Å²) >= 11 is 8.30. The van der Waals surface area contributed by atoms with Gasteiger partial charge in [0, 0.05) is 10.2 Å². The molecule has 0 heterocycles. The van der Waals surface area contributed by atoms with Gasteiger partial charge < -0.3 is 11.1 Å². The molecule has 1 atom stereocenters. The Morgan fingerprint density at radius 3 is 2.71 bits per heavy atom. The van der Waals surface area contributed by atoms with E-state index in [1.807, 2.05) is 31.2 Å². The molecule has 0 saturated heterocycles. The number of benzene rings is 1. The largest absolute Gasteiger partial charge is 0.392 e. The van der Waals surface area contributed by atoms with Gasteiger partial charge in [0.25, 0.3) is 0 Å². The predicted octanol–water partition coefficient (Wildman–Crippen LogP) is 3.09. The van der Waals surface area contributed by atoms with Gasteiger partial charge >= 0.3 is 0 Å². The van der Waals surface area contributed by atoms with Crippen LogP contribution in [0.15, 0.2) is 28.7 Å². The van der Waals surface area contributed by atoms with Crippen LogP contribution in [0.3, 0.4) is 0 Å². The summed E-state index contributed by atoms with van der Waals surface area (Å²) < 4.78 is 0.906. The van der Waals surface area contributed by atoms with Crippen LogP contribution in [0.5, 0.6) is 0 Å². The Balaban J connectivity index is 2.89. The number of hydrogen-bond acceptors (Lipinski definition) is 2. The molecule has 3 nitrogen and oxygen atoms in total. The fourth-order valence-electron chi connectivity index (χ4n) is 1.28. The number of halogens is 1. The fourth-order valence-corrected chi connectivity index (χ4v) is 1.92. The predicted molar refractivity (Wildman–Crippen MR) is 78.0 cm³/mol. The summed E-state index contributed by atoms with van der Waals surface area (Å²) in [5, 5.41) is 2.82. The molecule has 0 fully saturated rings. The first-order valence-corrected chi connectivity index (χ1v) is 6.47. The molecule has 1 aromatic carbocycles. The zero-order valence-electron chi connectivity index (χ0n) is 9.79. The molecule has 0 bridgehead atoms. The van der Waals surface area contributed by atoms with E-state index < -0.39 is 5.41 Å². The number of carbonyl (C=O) groups is 1. The molecule has 0 saturated carbocycles. The lowest BCUT2D eigenvalue weighted by molar-refractivity contribution is -0.121. The summed E-state index contributed by atoms with van der Waals surface area (Å²) in [7, 11) is 0. The molecule has 0 aliphatic rings. The van der Waals surface area contributed by atoms with Crippen molar-refractivity contribution in [2.75, 3.05) is 5.32 Å². The maximum Gasteiger partial charge on any atom is 0.237 e. The lowest BCUT2D eigenvalue weighted by Crippen LogP contribution is -2.43. The van der Waals surface area contributed by atoms with Crippen molar-refractivity contribution < 1.29 is 4.79 Å². The average Bonchev–Trinajstić information content (AvgIpc) is 2.27. The first-order chi connectivity index (χ1) is 7.90. The highest BCUT2D eigenvalue weighted by atomic mass is 79.9. The third-order valence-electron chi connectivity index (χ3n) is 2.83. The maximum absolute atomic E-state index is 12.1. The van der Waals surface area contributed by atoms with Crippen LogP contribution >= 0.6 is 28.1 Å². The average molecular weight is 315 g/mol. The van der Waals surface area contributed by atoms with E-state index in [1.54, 1.807) is 6.92 Å². The van der Waals surface area contributed by atoms with Crippen molar-refractivity contribution >= 4 is 44.7 Å². The molecular formula is C12H15BrN2OS. The summed E-state index contributed by atoms with van der Waals surface area (Å²) in [6.07, 6.45) is 0.572. The van der Waals surface area contributed by atoms with Crippen molar-refractivity contribution in [1.29, 1.82) is 0 Å². The van der Waals surface area contributed by atoms with Crippen molar-refractivity contribution in [1.82, 2.24) is 0 Å². The van der Waals surface area contributed by atoms with Crippen LogP contribution in [0.4, 0.5) is 5.69 Å². The zero-order valence-corrected chi connectivity index (χ0v) is 12.2. The van der Waals surface area contributed by atoms with Crippen LogP contribution < -0.4 is 11.1 Å². The Morgan fingerprint density at radius 2 is 2.24 bits per heavy atom. The molecule has 1 aromatic rings. The van der Waals surface area contributed by atoms with Crippen LogP contribution in [0.2, 0.25) is 0 Å². The molecule has 5 heteroatoms. The van der Waals surface area contributed by atoms with Crippen LogP contribution in [-0.2, 0) is 4.79 Å². The van der Waals surface area contributed by atoms with Crippen molar-refractivity contribution in [3.63, 3.8) is 0 Å². The maximum atomic E-state index is 12.1. The highest BCUT2D eigenvalue weighted by molar-refractivity contribution is 9.10. The number of rotatable bonds is 4. The number of hydrogen-bond donors (Lipinski definition) is 2. The third kappa shape index (κ3) is 3.26. The van der Waals surface area contributed by atoms with E-state index in [9.17, 15) is 4.79 Å². The number of amides is 1. The molecule has 0 radical (unpaired) electrons. The van der Waals surface area contributed by atoms with E-state index in [0.717, 1.165) is 10.2 Å². The minimum absolute atomic E-state index is 0.175. The molecular weight excluding hydrogens is 300 g/mol. The molecule has 0 aromatic heterocycles. The molecule has 17 heavy (non-hydrogen) atoms. The summed E-state index contributed by atoms with van der Waals surface area (Å²) in [5.41, 5.74) is 5.54. The quantitative estimate of drug-likeness (QED) is 0.840. The first kappa shape index (κ1) is 14.1. The van der Waals surface area contributed by atoms with Gasteiger partial charge in [-0.3, -0.25) is 4.79 Å². The normalized spacial score (nSPS) is 13.8. The molecule has 1 rings (SSSR count). The van der Waals surface area contributed by atoms with E-state index in [4.69, 9.17) is 18.0 Å². The van der Waals surface area contributed by atoms with E-state index in [2.05, 4.69) is 21.2 Å². The Bertz CT molecular complexity index is 450. The zero-order chi connectivity index (χ0) is 13.1. The number of nitrogens with two attached hydrogens (primary N) is 1. The summed E-state index contributed by atoms with van der Waals surface area (Å²) in [6, 6.07) is 7.39. The molecule has 0 spiro atoms. The van der Waals surface area contributed by atoms with Crippen LogP contribution in [0.25, 0.3) is 0 Å². The number of carbonyl (C=O) groups excluding carboxylic acids is 1. The van der Waals surface area contributed by atoms with Crippen LogP contribution in [0, 0.1) is 5.41 Å². The van der Waals surface area contributed by atoms with Gasteiger partial charge in [0.2, 0.25) is 5.91 Å². The summed E-state index contributed by atoms with van der Waals surface area (Å²) in [4.78, 5) is 12.3. The monoisotopic (exact) mass is 314 g/mol. The van der Waals surface area contributed by atoms with Gasteiger partial charge in [-0.2, -0.15) is 0 Å². The second kappa shape index (κ2) is 5.60. The van der Waals surface area contributed by atoms with Crippen LogP contribution in [0.1, 0.15) is 20.3 Å². The van der Waals surface area contributed by atoms with E-state index in [1.165, 1.54) is 0 Å². The minimum atomic E-state index is -0.808. The fraction of sp³-hybridized carbons (Fsp3) is 0.333. The number of anilines is 1. The Labute approximate surface area is 115 Å². The smallest absolute Gasteiger partial charge is 0.237 e. The van der Waals surface area contributed by atoms with E-state index >= 15 is 0 Å². The van der Waals surface area contributed by atoms with Crippen molar-refractivity contribution in [2.45, 2.75) is 20.3 Å². The topological polar surface area (TPSA) is 55.1 Å². The van der Waals surface area contributed by atoms with Gasteiger partial charge in [0.15, 0.2) is 0 Å². The summed E-state index contributed by atoms with van der Waals surface area (Å²) in [5.74, 6) is -0.175. The highest BCUT2D eigenvalue weighted by Gasteiger charge is 2.34. The highest BCUT2D eigenvalue weighted by Crippen LogP contribution is 2.25. The Hall–Kier alpha value is -0.940. The SMILES string of the molecule is CCC(C)(C(=O)Nc1cccc(Br)c1)C(N)=S. The lowest BCUT2D eigenvalue weighted by atomic mass is 9.86. The minimum Gasteiger partial charge on any atom is -0.392 e.